The zero-order chi connectivity index (χ0) is 15.3. The first kappa shape index (κ1) is 17.8. The average Bonchev–Trinajstić information content (AvgIpc) is 2.39. The Balaban J connectivity index is 4.76. The quantitative estimate of drug-likeness (QED) is 0.441. The second-order valence-electron chi connectivity index (χ2n) is 3.69. The van der Waals surface area contributed by atoms with E-state index in [0.717, 1.165) is 0 Å². The monoisotopic (exact) mass is 279 g/mol. The summed E-state index contributed by atoms with van der Waals surface area (Å²) in [6, 6.07) is 0. The van der Waals surface area contributed by atoms with Gasteiger partial charge in [-0.15, -0.1) is 19.3 Å². The molecule has 6 heteroatoms. The van der Waals surface area contributed by atoms with Crippen LogP contribution in [-0.4, -0.2) is 51.3 Å². The van der Waals surface area contributed by atoms with Gasteiger partial charge in [-0.25, -0.2) is 4.79 Å². The van der Waals surface area contributed by atoms with Crippen molar-refractivity contribution in [3.63, 3.8) is 0 Å². The van der Waals surface area contributed by atoms with E-state index in [9.17, 15) is 4.79 Å². The number of ether oxygens (including phenoxy) is 4. The Bertz CT molecular complexity index is 362. The van der Waals surface area contributed by atoms with Crippen molar-refractivity contribution < 1.29 is 23.7 Å². The third-order valence-corrected chi connectivity index (χ3v) is 1.97. The summed E-state index contributed by atoms with van der Waals surface area (Å²) in [6.07, 6.45) is 14.2. The van der Waals surface area contributed by atoms with Crippen LogP contribution in [0.2, 0.25) is 0 Å². The van der Waals surface area contributed by atoms with Crippen LogP contribution in [0.5, 0.6) is 0 Å². The van der Waals surface area contributed by atoms with E-state index < -0.39 is 11.7 Å². The SMILES string of the molecule is C#CCOCC(COCC#C)(COCC#C)OC(N)=O. The molecule has 0 unspecified atom stereocenters. The molecule has 0 aliphatic carbocycles. The van der Waals surface area contributed by atoms with Gasteiger partial charge >= 0.3 is 6.09 Å². The maximum absolute atomic E-state index is 11.0. The first-order chi connectivity index (χ1) is 9.60. The molecule has 0 bridgehead atoms. The third-order valence-electron chi connectivity index (χ3n) is 1.97. The van der Waals surface area contributed by atoms with Crippen LogP contribution in [0.4, 0.5) is 4.79 Å². The second kappa shape index (κ2) is 10.7. The van der Waals surface area contributed by atoms with E-state index in [0.29, 0.717) is 0 Å². The number of terminal acetylenes is 3. The van der Waals surface area contributed by atoms with Gasteiger partial charge in [-0.3, -0.25) is 0 Å². The normalized spacial score (nSPS) is 10.1. The number of amides is 1. The van der Waals surface area contributed by atoms with E-state index >= 15 is 0 Å². The maximum atomic E-state index is 11.0. The lowest BCUT2D eigenvalue weighted by atomic mass is 10.1. The third kappa shape index (κ3) is 8.02. The van der Waals surface area contributed by atoms with Crippen molar-refractivity contribution >= 4 is 6.09 Å². The number of carbonyl (C=O) groups excluding carboxylic acids is 1. The molecule has 20 heavy (non-hydrogen) atoms. The van der Waals surface area contributed by atoms with Crippen molar-refractivity contribution in [2.75, 3.05) is 39.6 Å². The number of carbonyl (C=O) groups is 1. The maximum Gasteiger partial charge on any atom is 0.405 e. The van der Waals surface area contributed by atoms with Crippen molar-refractivity contribution in [3.8, 4) is 37.0 Å². The Morgan fingerprint density at radius 2 is 1.25 bits per heavy atom. The van der Waals surface area contributed by atoms with E-state index in [2.05, 4.69) is 17.8 Å². The molecule has 1 amide bonds. The van der Waals surface area contributed by atoms with Gasteiger partial charge in [0, 0.05) is 0 Å². The highest BCUT2D eigenvalue weighted by atomic mass is 16.6. The molecule has 0 aliphatic rings. The molecule has 0 aromatic carbocycles. The zero-order valence-electron chi connectivity index (χ0n) is 11.1. The second-order valence-corrected chi connectivity index (χ2v) is 3.69. The summed E-state index contributed by atoms with van der Waals surface area (Å²) < 4.78 is 20.6. The van der Waals surface area contributed by atoms with Gasteiger partial charge in [-0.2, -0.15) is 0 Å². The van der Waals surface area contributed by atoms with E-state index in [1.165, 1.54) is 0 Å². The van der Waals surface area contributed by atoms with Crippen LogP contribution in [0.25, 0.3) is 0 Å². The van der Waals surface area contributed by atoms with Crippen LogP contribution in [-0.2, 0) is 18.9 Å². The first-order valence-electron chi connectivity index (χ1n) is 5.62. The summed E-state index contributed by atoms with van der Waals surface area (Å²) in [5.41, 5.74) is 3.79. The van der Waals surface area contributed by atoms with E-state index in [1.54, 1.807) is 0 Å². The molecule has 2 N–H and O–H groups in total. The van der Waals surface area contributed by atoms with Crippen molar-refractivity contribution in [2.24, 2.45) is 5.73 Å². The zero-order valence-corrected chi connectivity index (χ0v) is 11.1. The van der Waals surface area contributed by atoms with Gasteiger partial charge in [0.25, 0.3) is 0 Å². The minimum Gasteiger partial charge on any atom is -0.436 e. The van der Waals surface area contributed by atoms with Gasteiger partial charge in [-0.05, 0) is 0 Å². The number of hydrogen-bond acceptors (Lipinski definition) is 5. The average molecular weight is 279 g/mol. The van der Waals surface area contributed by atoms with Crippen LogP contribution >= 0.6 is 0 Å². The van der Waals surface area contributed by atoms with Gasteiger partial charge in [-0.1, -0.05) is 17.8 Å². The number of hydrogen-bond donors (Lipinski definition) is 1. The Kier molecular flexibility index (Phi) is 9.56. The summed E-state index contributed by atoms with van der Waals surface area (Å²) in [7, 11) is 0. The van der Waals surface area contributed by atoms with Gasteiger partial charge in [0.1, 0.15) is 19.8 Å². The molecule has 0 aromatic rings. The largest absolute Gasteiger partial charge is 0.436 e. The number of primary amides is 1. The predicted molar refractivity (Wildman–Crippen MR) is 72.4 cm³/mol. The minimum atomic E-state index is -1.25. The molecular formula is C14H17NO5. The van der Waals surface area contributed by atoms with Crippen LogP contribution in [0.3, 0.4) is 0 Å². The number of nitrogens with two attached hydrogens (primary N) is 1. The summed E-state index contributed by atoms with van der Waals surface area (Å²) in [5.74, 6) is 6.86. The van der Waals surface area contributed by atoms with Crippen molar-refractivity contribution in [1.29, 1.82) is 0 Å². The Morgan fingerprint density at radius 3 is 1.50 bits per heavy atom. The predicted octanol–water partition coefficient (Wildman–Crippen LogP) is -0.230. The molecule has 0 aliphatic heterocycles. The molecule has 6 nitrogen and oxygen atoms in total. The van der Waals surface area contributed by atoms with Gasteiger partial charge in [0.2, 0.25) is 0 Å². The van der Waals surface area contributed by atoms with Crippen LogP contribution in [0.1, 0.15) is 0 Å². The molecule has 0 rings (SSSR count). The first-order valence-corrected chi connectivity index (χ1v) is 5.62. The fourth-order valence-corrected chi connectivity index (χ4v) is 1.31. The standard InChI is InChI=1S/C14H17NO5/c1-4-7-17-10-14(20-13(15)16,11-18-8-5-2)12-19-9-6-3/h1-3H,7-12H2,(H2,15,16). The topological polar surface area (TPSA) is 80.0 Å². The fourth-order valence-electron chi connectivity index (χ4n) is 1.31. The summed E-state index contributed by atoms with van der Waals surface area (Å²) >= 11 is 0. The van der Waals surface area contributed by atoms with Gasteiger partial charge < -0.3 is 24.7 Å². The van der Waals surface area contributed by atoms with E-state index in [4.69, 9.17) is 44.0 Å². The van der Waals surface area contributed by atoms with Gasteiger partial charge in [0.05, 0.1) is 19.8 Å². The summed E-state index contributed by atoms with van der Waals surface area (Å²) in [6.45, 7) is -0.0731. The minimum absolute atomic E-state index is 0.0359. The smallest absolute Gasteiger partial charge is 0.405 e. The molecular weight excluding hydrogens is 262 g/mol. The highest BCUT2D eigenvalue weighted by molar-refractivity contribution is 5.65. The Hall–Kier alpha value is -2.17. The number of rotatable bonds is 10. The lowest BCUT2D eigenvalue weighted by Crippen LogP contribution is -2.49. The van der Waals surface area contributed by atoms with Crippen molar-refractivity contribution in [3.05, 3.63) is 0 Å². The fraction of sp³-hybridized carbons (Fsp3) is 0.500. The molecule has 0 spiro atoms. The molecule has 0 heterocycles. The van der Waals surface area contributed by atoms with Crippen LogP contribution < -0.4 is 5.73 Å². The van der Waals surface area contributed by atoms with Gasteiger partial charge in [0.15, 0.2) is 5.60 Å². The summed E-state index contributed by atoms with van der Waals surface area (Å²) in [5, 5.41) is 0. The molecule has 0 atom stereocenters. The molecule has 0 aromatic heterocycles. The highest BCUT2D eigenvalue weighted by Gasteiger charge is 2.35. The highest BCUT2D eigenvalue weighted by Crippen LogP contribution is 2.14. The van der Waals surface area contributed by atoms with Crippen molar-refractivity contribution in [1.82, 2.24) is 0 Å². The van der Waals surface area contributed by atoms with E-state index in [1.807, 2.05) is 0 Å². The molecule has 0 fully saturated rings. The lowest BCUT2D eigenvalue weighted by molar-refractivity contribution is -0.124. The Labute approximate surface area is 118 Å². The molecule has 108 valence electrons. The lowest BCUT2D eigenvalue weighted by Gasteiger charge is -2.31. The molecule has 0 saturated heterocycles. The molecule has 0 radical (unpaired) electrons. The Morgan fingerprint density at radius 1 is 0.900 bits per heavy atom. The van der Waals surface area contributed by atoms with Crippen LogP contribution in [0, 0.1) is 37.0 Å². The van der Waals surface area contributed by atoms with Crippen molar-refractivity contribution in [2.45, 2.75) is 5.60 Å². The van der Waals surface area contributed by atoms with Crippen LogP contribution in [0.15, 0.2) is 0 Å². The van der Waals surface area contributed by atoms with E-state index in [-0.39, 0.29) is 39.6 Å². The summed E-state index contributed by atoms with van der Waals surface area (Å²) in [4.78, 5) is 11.0. The molecule has 0 saturated carbocycles.